The summed E-state index contributed by atoms with van der Waals surface area (Å²) in [5.41, 5.74) is 1.70. The van der Waals surface area contributed by atoms with Gasteiger partial charge in [-0.15, -0.1) is 0 Å². The molecular formula is C21H24F2N4O3. The number of aryl methyl sites for hydroxylation is 1. The fraction of sp³-hybridized carbons (Fsp3) is 0.381. The van der Waals surface area contributed by atoms with Gasteiger partial charge < -0.3 is 19.9 Å². The van der Waals surface area contributed by atoms with Crippen LogP contribution in [0.1, 0.15) is 33.0 Å². The van der Waals surface area contributed by atoms with Crippen LogP contribution in [0.25, 0.3) is 0 Å². The van der Waals surface area contributed by atoms with E-state index in [1.165, 1.54) is 17.0 Å². The highest BCUT2D eigenvalue weighted by atomic mass is 19.3. The van der Waals surface area contributed by atoms with E-state index in [2.05, 4.69) is 15.0 Å². The van der Waals surface area contributed by atoms with Crippen LogP contribution in [0.15, 0.2) is 36.4 Å². The Kier molecular flexibility index (Phi) is 6.49. The van der Waals surface area contributed by atoms with Crippen molar-refractivity contribution in [1.29, 1.82) is 0 Å². The minimum atomic E-state index is -2.90. The molecule has 1 atom stereocenters. The molecule has 30 heavy (non-hydrogen) atoms. The molecule has 0 saturated carbocycles. The molecule has 2 aromatic rings. The van der Waals surface area contributed by atoms with Gasteiger partial charge in [0.2, 0.25) is 0 Å². The highest BCUT2D eigenvalue weighted by Crippen LogP contribution is 2.31. The van der Waals surface area contributed by atoms with E-state index in [0.29, 0.717) is 36.5 Å². The number of pyridine rings is 1. The Hall–Kier alpha value is -3.23. The van der Waals surface area contributed by atoms with Gasteiger partial charge in [-0.1, -0.05) is 12.1 Å². The molecule has 1 N–H and O–H groups in total. The van der Waals surface area contributed by atoms with E-state index in [1.807, 2.05) is 4.90 Å². The number of rotatable bonds is 6. The van der Waals surface area contributed by atoms with Gasteiger partial charge in [0.05, 0.1) is 16.9 Å². The summed E-state index contributed by atoms with van der Waals surface area (Å²) in [5.74, 6) is -0.408. The van der Waals surface area contributed by atoms with Crippen LogP contribution in [0.3, 0.4) is 0 Å². The molecule has 0 spiro atoms. The van der Waals surface area contributed by atoms with Crippen molar-refractivity contribution in [2.45, 2.75) is 26.0 Å². The molecule has 0 bridgehead atoms. The van der Waals surface area contributed by atoms with Crippen LogP contribution in [0.5, 0.6) is 5.75 Å². The second-order valence-corrected chi connectivity index (χ2v) is 7.28. The number of para-hydroxylation sites is 2. The van der Waals surface area contributed by atoms with Crippen LogP contribution in [0.4, 0.5) is 14.5 Å². The van der Waals surface area contributed by atoms with Gasteiger partial charge in [0.1, 0.15) is 11.4 Å². The summed E-state index contributed by atoms with van der Waals surface area (Å²) >= 11 is 0. The monoisotopic (exact) mass is 418 g/mol. The van der Waals surface area contributed by atoms with Gasteiger partial charge in [0.25, 0.3) is 11.8 Å². The quantitative estimate of drug-likeness (QED) is 0.781. The largest absolute Gasteiger partial charge is 0.433 e. The first-order valence-electron chi connectivity index (χ1n) is 9.55. The Balaban J connectivity index is 1.66. The van der Waals surface area contributed by atoms with Crippen molar-refractivity contribution in [2.75, 3.05) is 32.1 Å². The van der Waals surface area contributed by atoms with Crippen molar-refractivity contribution in [3.8, 4) is 5.75 Å². The molecule has 2 amide bonds. The average molecular weight is 418 g/mol. The number of anilines is 1. The van der Waals surface area contributed by atoms with Crippen LogP contribution in [-0.4, -0.2) is 61.5 Å². The van der Waals surface area contributed by atoms with Crippen molar-refractivity contribution in [3.05, 3.63) is 53.3 Å². The number of nitrogens with one attached hydrogen (secondary N) is 1. The number of halogens is 2. The molecule has 3 rings (SSSR count). The summed E-state index contributed by atoms with van der Waals surface area (Å²) < 4.78 is 29.9. The maximum Gasteiger partial charge on any atom is 0.387 e. The number of aromatic nitrogens is 1. The lowest BCUT2D eigenvalue weighted by Gasteiger charge is -2.22. The Labute approximate surface area is 173 Å². The summed E-state index contributed by atoms with van der Waals surface area (Å²) in [7, 11) is 3.27. The average Bonchev–Trinajstić information content (AvgIpc) is 3.15. The molecule has 1 aliphatic heterocycles. The summed E-state index contributed by atoms with van der Waals surface area (Å²) in [6, 6.07) is 9.58. The third-order valence-corrected chi connectivity index (χ3v) is 4.90. The number of carbonyl (C=O) groups is 2. The minimum absolute atomic E-state index is 0.112. The Morgan fingerprint density at radius 1 is 1.23 bits per heavy atom. The van der Waals surface area contributed by atoms with E-state index in [1.54, 1.807) is 45.3 Å². The zero-order valence-corrected chi connectivity index (χ0v) is 17.1. The van der Waals surface area contributed by atoms with Gasteiger partial charge >= 0.3 is 6.61 Å². The highest BCUT2D eigenvalue weighted by molar-refractivity contribution is 5.97. The molecule has 0 radical (unpaired) electrons. The second kappa shape index (κ2) is 9.06. The van der Waals surface area contributed by atoms with Gasteiger partial charge in [-0.3, -0.25) is 9.59 Å². The standard InChI is InChI=1S/C21H24F2N4O3/c1-13-15(8-9-16(24-13)20(29)26(2)3)19(28)25-14-10-11-27(12-14)17-6-4-5-7-18(17)30-21(22)23/h4-9,14,21H,10-12H2,1-3H3,(H,25,28). The van der Waals surface area contributed by atoms with Crippen molar-refractivity contribution in [1.82, 2.24) is 15.2 Å². The van der Waals surface area contributed by atoms with E-state index in [0.717, 1.165) is 0 Å². The van der Waals surface area contributed by atoms with Gasteiger partial charge in [-0.2, -0.15) is 8.78 Å². The van der Waals surface area contributed by atoms with E-state index in [-0.39, 0.29) is 29.3 Å². The summed E-state index contributed by atoms with van der Waals surface area (Å²) in [6.45, 7) is -0.150. The minimum Gasteiger partial charge on any atom is -0.433 e. The second-order valence-electron chi connectivity index (χ2n) is 7.28. The molecule has 1 unspecified atom stereocenters. The SMILES string of the molecule is Cc1nc(C(=O)N(C)C)ccc1C(=O)NC1CCN(c2ccccc2OC(F)F)C1. The van der Waals surface area contributed by atoms with Crippen LogP contribution in [0, 0.1) is 6.92 Å². The number of nitrogens with zero attached hydrogens (tertiary/aromatic N) is 3. The third-order valence-electron chi connectivity index (χ3n) is 4.90. The van der Waals surface area contributed by atoms with Crippen molar-refractivity contribution in [3.63, 3.8) is 0 Å². The van der Waals surface area contributed by atoms with Crippen molar-refractivity contribution >= 4 is 17.5 Å². The van der Waals surface area contributed by atoms with Crippen molar-refractivity contribution in [2.24, 2.45) is 0 Å². The molecule has 2 heterocycles. The number of benzene rings is 1. The van der Waals surface area contributed by atoms with Gasteiger partial charge in [0, 0.05) is 33.2 Å². The molecule has 0 aliphatic carbocycles. The highest BCUT2D eigenvalue weighted by Gasteiger charge is 2.27. The van der Waals surface area contributed by atoms with Gasteiger partial charge in [-0.05, 0) is 37.6 Å². The lowest BCUT2D eigenvalue weighted by Crippen LogP contribution is -2.37. The van der Waals surface area contributed by atoms with Crippen molar-refractivity contribution < 1.29 is 23.1 Å². The van der Waals surface area contributed by atoms with Crippen LogP contribution >= 0.6 is 0 Å². The molecule has 1 aromatic heterocycles. The first kappa shape index (κ1) is 21.5. The number of hydrogen-bond acceptors (Lipinski definition) is 5. The molecule has 1 aliphatic rings. The number of amides is 2. The predicted molar refractivity (Wildman–Crippen MR) is 108 cm³/mol. The summed E-state index contributed by atoms with van der Waals surface area (Å²) in [6.07, 6.45) is 0.665. The number of hydrogen-bond donors (Lipinski definition) is 1. The van der Waals surface area contributed by atoms with E-state index in [9.17, 15) is 18.4 Å². The Bertz CT molecular complexity index is 936. The van der Waals surface area contributed by atoms with E-state index in [4.69, 9.17) is 0 Å². The lowest BCUT2D eigenvalue weighted by molar-refractivity contribution is -0.0495. The third kappa shape index (κ3) is 4.84. The molecule has 1 saturated heterocycles. The smallest absolute Gasteiger partial charge is 0.387 e. The summed E-state index contributed by atoms with van der Waals surface area (Å²) in [5, 5.41) is 2.96. The fourth-order valence-corrected chi connectivity index (χ4v) is 3.42. The predicted octanol–water partition coefficient (Wildman–Crippen LogP) is 2.70. The first-order valence-corrected chi connectivity index (χ1v) is 9.55. The van der Waals surface area contributed by atoms with Crippen LogP contribution < -0.4 is 15.0 Å². The van der Waals surface area contributed by atoms with Gasteiger partial charge in [0.15, 0.2) is 0 Å². The topological polar surface area (TPSA) is 74.8 Å². The normalized spacial score (nSPS) is 15.9. The molecule has 160 valence electrons. The van der Waals surface area contributed by atoms with E-state index >= 15 is 0 Å². The lowest BCUT2D eigenvalue weighted by atomic mass is 10.1. The first-order chi connectivity index (χ1) is 14.3. The molecule has 1 fully saturated rings. The number of alkyl halides is 2. The zero-order chi connectivity index (χ0) is 21.8. The van der Waals surface area contributed by atoms with Gasteiger partial charge in [-0.25, -0.2) is 4.98 Å². The molecule has 7 nitrogen and oxygen atoms in total. The fourth-order valence-electron chi connectivity index (χ4n) is 3.42. The number of ether oxygens (including phenoxy) is 1. The molecule has 9 heteroatoms. The maximum atomic E-state index is 12.7. The molecular weight excluding hydrogens is 394 g/mol. The summed E-state index contributed by atoms with van der Waals surface area (Å²) in [4.78, 5) is 32.3. The Morgan fingerprint density at radius 3 is 2.63 bits per heavy atom. The zero-order valence-electron chi connectivity index (χ0n) is 17.1. The Morgan fingerprint density at radius 2 is 1.97 bits per heavy atom. The number of carbonyl (C=O) groups excluding carboxylic acids is 2. The van der Waals surface area contributed by atoms with E-state index < -0.39 is 6.61 Å². The van der Waals surface area contributed by atoms with Crippen LogP contribution in [-0.2, 0) is 0 Å². The maximum absolute atomic E-state index is 12.7. The van der Waals surface area contributed by atoms with Crippen LogP contribution in [0.2, 0.25) is 0 Å². The molecule has 1 aromatic carbocycles.